The molecule has 0 aromatic heterocycles. The maximum atomic E-state index is 12.0. The van der Waals surface area contributed by atoms with Crippen molar-refractivity contribution in [3.05, 3.63) is 99.6 Å². The molecule has 0 unspecified atom stereocenters. The lowest BCUT2D eigenvalue weighted by Gasteiger charge is -2.12. The molecule has 0 saturated carbocycles. The molecule has 0 fully saturated rings. The molecule has 0 saturated heterocycles. The Morgan fingerprint density at radius 3 is 2.29 bits per heavy atom. The lowest BCUT2D eigenvalue weighted by atomic mass is 10.1. The Hall–Kier alpha value is -4.20. The van der Waals surface area contributed by atoms with Gasteiger partial charge in [0.2, 0.25) is 5.91 Å². The van der Waals surface area contributed by atoms with Crippen LogP contribution < -0.4 is 14.9 Å². The zero-order chi connectivity index (χ0) is 22.1. The van der Waals surface area contributed by atoms with Gasteiger partial charge in [0.05, 0.1) is 36.3 Å². The molecule has 0 atom stereocenters. The summed E-state index contributed by atoms with van der Waals surface area (Å²) in [4.78, 5) is 23.0. The Morgan fingerprint density at radius 2 is 1.68 bits per heavy atom. The molecule has 0 aliphatic rings. The normalized spacial score (nSPS) is 10.6. The van der Waals surface area contributed by atoms with Crippen LogP contribution in [-0.2, 0) is 17.8 Å². The maximum Gasteiger partial charge on any atom is 0.282 e. The van der Waals surface area contributed by atoms with Crippen molar-refractivity contribution in [2.45, 2.75) is 13.0 Å². The van der Waals surface area contributed by atoms with E-state index in [-0.39, 0.29) is 35.9 Å². The third-order valence-electron chi connectivity index (χ3n) is 4.35. The monoisotopic (exact) mass is 419 g/mol. The Bertz CT molecular complexity index is 1070. The van der Waals surface area contributed by atoms with Gasteiger partial charge in [-0.05, 0) is 17.2 Å². The van der Waals surface area contributed by atoms with Crippen LogP contribution in [0.1, 0.15) is 16.7 Å². The van der Waals surface area contributed by atoms with Crippen LogP contribution in [0, 0.1) is 10.1 Å². The number of hydrogen-bond acceptors (Lipinski definition) is 6. The zero-order valence-electron chi connectivity index (χ0n) is 16.9. The van der Waals surface area contributed by atoms with Gasteiger partial charge in [0.25, 0.3) is 5.69 Å². The second kappa shape index (κ2) is 10.5. The number of nitrogens with zero attached hydrogens (tertiary/aromatic N) is 2. The molecule has 8 nitrogen and oxygen atoms in total. The van der Waals surface area contributed by atoms with Crippen molar-refractivity contribution in [2.75, 3.05) is 7.11 Å². The number of nitrogens with one attached hydrogen (secondary N) is 1. The summed E-state index contributed by atoms with van der Waals surface area (Å²) in [6.07, 6.45) is 1.36. The number of amides is 1. The lowest BCUT2D eigenvalue weighted by molar-refractivity contribution is -0.385. The van der Waals surface area contributed by atoms with Crippen molar-refractivity contribution >= 4 is 17.8 Å². The fourth-order valence-corrected chi connectivity index (χ4v) is 2.83. The van der Waals surface area contributed by atoms with Crippen molar-refractivity contribution < 1.29 is 19.2 Å². The third-order valence-corrected chi connectivity index (χ3v) is 4.35. The second-order valence-corrected chi connectivity index (χ2v) is 6.55. The van der Waals surface area contributed by atoms with E-state index in [1.165, 1.54) is 25.5 Å². The highest BCUT2D eigenvalue weighted by molar-refractivity contribution is 5.88. The SMILES string of the molecule is COc1cc(/C=N\NC(=O)Cc2ccccc2)c([N+](=O)[O-])cc1OCc1ccccc1. The number of carbonyl (C=O) groups excluding carboxylic acids is 1. The molecule has 0 heterocycles. The van der Waals surface area contributed by atoms with Crippen LogP contribution in [0.3, 0.4) is 0 Å². The van der Waals surface area contributed by atoms with Gasteiger partial charge in [-0.3, -0.25) is 14.9 Å². The van der Waals surface area contributed by atoms with Crippen molar-refractivity contribution in [3.8, 4) is 11.5 Å². The molecule has 3 aromatic rings. The van der Waals surface area contributed by atoms with Crippen molar-refractivity contribution in [1.29, 1.82) is 0 Å². The van der Waals surface area contributed by atoms with Crippen LogP contribution in [0.15, 0.2) is 77.9 Å². The number of benzene rings is 3. The summed E-state index contributed by atoms with van der Waals surface area (Å²) in [5.74, 6) is 0.224. The minimum absolute atomic E-state index is 0.149. The molecule has 0 bridgehead atoms. The van der Waals surface area contributed by atoms with E-state index in [0.717, 1.165) is 11.1 Å². The van der Waals surface area contributed by atoms with Crippen LogP contribution in [0.25, 0.3) is 0 Å². The summed E-state index contributed by atoms with van der Waals surface area (Å²) in [6, 6.07) is 21.3. The van der Waals surface area contributed by atoms with Crippen LogP contribution in [-0.4, -0.2) is 24.2 Å². The van der Waals surface area contributed by atoms with E-state index in [1.807, 2.05) is 60.7 Å². The molecule has 1 N–H and O–H groups in total. The number of ether oxygens (including phenoxy) is 2. The van der Waals surface area contributed by atoms with E-state index in [1.54, 1.807) is 0 Å². The average Bonchev–Trinajstić information content (AvgIpc) is 2.79. The number of rotatable bonds is 9. The summed E-state index contributed by atoms with van der Waals surface area (Å²) < 4.78 is 11.0. The van der Waals surface area contributed by atoms with Crippen molar-refractivity contribution in [3.63, 3.8) is 0 Å². The fourth-order valence-electron chi connectivity index (χ4n) is 2.83. The first-order valence-electron chi connectivity index (χ1n) is 9.46. The number of hydrazone groups is 1. The topological polar surface area (TPSA) is 103 Å². The number of nitro groups is 1. The number of carbonyl (C=O) groups is 1. The third kappa shape index (κ3) is 6.14. The Morgan fingerprint density at radius 1 is 1.03 bits per heavy atom. The number of nitro benzene ring substituents is 1. The van der Waals surface area contributed by atoms with Gasteiger partial charge < -0.3 is 9.47 Å². The summed E-state index contributed by atoms with van der Waals surface area (Å²) in [5.41, 5.74) is 4.09. The van der Waals surface area contributed by atoms with E-state index in [4.69, 9.17) is 9.47 Å². The highest BCUT2D eigenvalue weighted by Gasteiger charge is 2.19. The van der Waals surface area contributed by atoms with Crippen LogP contribution in [0.2, 0.25) is 0 Å². The van der Waals surface area contributed by atoms with Gasteiger partial charge in [-0.25, -0.2) is 5.43 Å². The highest BCUT2D eigenvalue weighted by Crippen LogP contribution is 2.34. The van der Waals surface area contributed by atoms with E-state index in [2.05, 4.69) is 10.5 Å². The Kier molecular flexibility index (Phi) is 7.31. The summed E-state index contributed by atoms with van der Waals surface area (Å²) in [6.45, 7) is 0.233. The fraction of sp³-hybridized carbons (Fsp3) is 0.130. The minimum Gasteiger partial charge on any atom is -0.493 e. The Labute approximate surface area is 179 Å². The molecular formula is C23H21N3O5. The molecule has 3 rings (SSSR count). The largest absolute Gasteiger partial charge is 0.493 e. The first-order valence-corrected chi connectivity index (χ1v) is 9.46. The quantitative estimate of drug-likeness (QED) is 0.322. The molecule has 0 aliphatic carbocycles. The van der Waals surface area contributed by atoms with Crippen LogP contribution >= 0.6 is 0 Å². The van der Waals surface area contributed by atoms with Crippen LogP contribution in [0.5, 0.6) is 11.5 Å². The molecule has 0 spiro atoms. The number of methoxy groups -OCH3 is 1. The summed E-state index contributed by atoms with van der Waals surface area (Å²) in [7, 11) is 1.44. The van der Waals surface area contributed by atoms with Crippen LogP contribution in [0.4, 0.5) is 5.69 Å². The van der Waals surface area contributed by atoms with Crippen molar-refractivity contribution in [2.24, 2.45) is 5.10 Å². The van der Waals surface area contributed by atoms with Crippen molar-refractivity contribution in [1.82, 2.24) is 5.43 Å². The van der Waals surface area contributed by atoms with E-state index < -0.39 is 4.92 Å². The lowest BCUT2D eigenvalue weighted by Crippen LogP contribution is -2.19. The van der Waals surface area contributed by atoms with E-state index in [0.29, 0.717) is 5.75 Å². The predicted molar refractivity (Wildman–Crippen MR) is 116 cm³/mol. The molecule has 0 radical (unpaired) electrons. The Balaban J connectivity index is 1.73. The van der Waals surface area contributed by atoms with E-state index in [9.17, 15) is 14.9 Å². The molecule has 31 heavy (non-hydrogen) atoms. The molecule has 3 aromatic carbocycles. The van der Waals surface area contributed by atoms with Gasteiger partial charge in [0.15, 0.2) is 11.5 Å². The summed E-state index contributed by atoms with van der Waals surface area (Å²) in [5, 5.41) is 15.4. The van der Waals surface area contributed by atoms with Gasteiger partial charge >= 0.3 is 0 Å². The minimum atomic E-state index is -0.540. The van der Waals surface area contributed by atoms with Gasteiger partial charge in [-0.1, -0.05) is 60.7 Å². The maximum absolute atomic E-state index is 12.0. The first kappa shape index (κ1) is 21.5. The van der Waals surface area contributed by atoms with Gasteiger partial charge in [-0.15, -0.1) is 0 Å². The molecular weight excluding hydrogens is 398 g/mol. The molecule has 1 amide bonds. The summed E-state index contributed by atoms with van der Waals surface area (Å²) >= 11 is 0. The van der Waals surface area contributed by atoms with Gasteiger partial charge in [0.1, 0.15) is 6.61 Å². The average molecular weight is 419 g/mol. The smallest absolute Gasteiger partial charge is 0.282 e. The second-order valence-electron chi connectivity index (χ2n) is 6.55. The van der Waals surface area contributed by atoms with Gasteiger partial charge in [0, 0.05) is 0 Å². The van der Waals surface area contributed by atoms with Gasteiger partial charge in [-0.2, -0.15) is 5.10 Å². The predicted octanol–water partition coefficient (Wildman–Crippen LogP) is 3.88. The zero-order valence-corrected chi connectivity index (χ0v) is 16.9. The molecule has 8 heteroatoms. The first-order chi connectivity index (χ1) is 15.1. The molecule has 158 valence electrons. The highest BCUT2D eigenvalue weighted by atomic mass is 16.6. The van der Waals surface area contributed by atoms with E-state index >= 15 is 0 Å². The number of hydrogen-bond donors (Lipinski definition) is 1. The standard InChI is InChI=1S/C23H21N3O5/c1-30-21-13-19(15-24-25-23(27)12-17-8-4-2-5-9-17)20(26(28)29)14-22(21)31-16-18-10-6-3-7-11-18/h2-11,13-15H,12,16H2,1H3,(H,25,27)/b24-15-. The molecule has 0 aliphatic heterocycles.